The minimum absolute atomic E-state index is 0. The van der Waals surface area contributed by atoms with Crippen molar-refractivity contribution in [2.75, 3.05) is 6.61 Å². The maximum atomic E-state index is 8.20. The molecule has 0 heterocycles. The molecule has 0 fully saturated rings. The summed E-state index contributed by atoms with van der Waals surface area (Å²) in [6.45, 7) is 10.6. The molecule has 0 aromatic rings. The summed E-state index contributed by atoms with van der Waals surface area (Å²) in [5, 5.41) is 8.20. The summed E-state index contributed by atoms with van der Waals surface area (Å²) in [5.74, 6) is 0.836. The van der Waals surface area contributed by atoms with E-state index >= 15 is 0 Å². The minimum Gasteiger partial charge on any atom is -0.396 e. The Morgan fingerprint density at radius 3 is 1.85 bits per heavy atom. The van der Waals surface area contributed by atoms with Crippen LogP contribution in [0, 0.1) is 53.7 Å². The molecule has 0 aliphatic rings. The Morgan fingerprint density at radius 2 is 1.77 bits per heavy atom. The molecule has 1 N–H and O–H groups in total. The topological polar surface area (TPSA) is 20.2 Å². The Kier molecular flexibility index (Phi) is 28.9. The van der Waals surface area contributed by atoms with Gasteiger partial charge in [0.15, 0.2) is 0 Å². The molecule has 0 radical (unpaired) electrons. The van der Waals surface area contributed by atoms with Gasteiger partial charge in [0.1, 0.15) is 0 Å². The smallest absolute Gasteiger partial charge is 0.0431 e. The van der Waals surface area contributed by atoms with Gasteiger partial charge in [0.25, 0.3) is 0 Å². The Morgan fingerprint density at radius 1 is 1.23 bits per heavy atom. The van der Waals surface area contributed by atoms with E-state index in [4.69, 9.17) is 5.11 Å². The molecule has 0 aromatic carbocycles. The zero-order chi connectivity index (χ0) is 9.82. The first-order valence-electron chi connectivity index (χ1n) is 5.09. The third-order valence-corrected chi connectivity index (χ3v) is 1.54. The summed E-state index contributed by atoms with van der Waals surface area (Å²) < 4.78 is 0. The summed E-state index contributed by atoms with van der Waals surface area (Å²) in [6.07, 6.45) is 5.67. The van der Waals surface area contributed by atoms with Gasteiger partial charge in [-0.25, -0.2) is 0 Å². The number of aliphatic hydroxyl groups is 1. The molecule has 13 heavy (non-hydrogen) atoms. The number of aliphatic hydroxyl groups excluding tert-OH is 1. The standard InChI is InChI=1S/C6H13.C5H12O.Nd/c1-4-5-6(2)3;1-2-3-4-5-6;/h6H,1,4-5H2,2-3H3;6H,2-5H2,1H3;/q-1;;. The van der Waals surface area contributed by atoms with E-state index in [0.29, 0.717) is 6.61 Å². The maximum absolute atomic E-state index is 8.20. The molecule has 0 spiro atoms. The third-order valence-electron chi connectivity index (χ3n) is 1.54. The molecular weight excluding hydrogens is 292 g/mol. The summed E-state index contributed by atoms with van der Waals surface area (Å²) in [6, 6.07) is 0. The molecule has 0 aliphatic carbocycles. The van der Waals surface area contributed by atoms with E-state index in [0.717, 1.165) is 25.2 Å². The average molecular weight is 318 g/mol. The van der Waals surface area contributed by atoms with E-state index in [1.54, 1.807) is 0 Å². The monoisotopic (exact) mass is 315 g/mol. The molecule has 1 nitrogen and oxygen atoms in total. The molecule has 0 saturated heterocycles. The van der Waals surface area contributed by atoms with Crippen LogP contribution < -0.4 is 0 Å². The normalized spacial score (nSPS) is 8.77. The van der Waals surface area contributed by atoms with Crippen LogP contribution in [0.5, 0.6) is 0 Å². The van der Waals surface area contributed by atoms with Crippen LogP contribution in [-0.2, 0) is 0 Å². The second-order valence-corrected chi connectivity index (χ2v) is 3.47. The molecule has 80 valence electrons. The van der Waals surface area contributed by atoms with Crippen LogP contribution in [-0.4, -0.2) is 11.7 Å². The van der Waals surface area contributed by atoms with Gasteiger partial charge < -0.3 is 12.0 Å². The predicted molar refractivity (Wildman–Crippen MR) is 56.0 cm³/mol. The van der Waals surface area contributed by atoms with Crippen LogP contribution in [0.4, 0.5) is 0 Å². The number of hydrogen-bond donors (Lipinski definition) is 1. The summed E-state index contributed by atoms with van der Waals surface area (Å²) in [5.41, 5.74) is 0. The fourth-order valence-corrected chi connectivity index (χ4v) is 0.770. The summed E-state index contributed by atoms with van der Waals surface area (Å²) in [7, 11) is 0. The van der Waals surface area contributed by atoms with Gasteiger partial charge in [-0.2, -0.15) is 6.42 Å². The van der Waals surface area contributed by atoms with E-state index in [1.165, 1.54) is 12.8 Å². The molecule has 0 bridgehead atoms. The quantitative estimate of drug-likeness (QED) is 0.608. The van der Waals surface area contributed by atoms with Crippen molar-refractivity contribution in [1.82, 2.24) is 0 Å². The Hall–Kier alpha value is 1.31. The van der Waals surface area contributed by atoms with Gasteiger partial charge in [-0.3, -0.25) is 0 Å². The van der Waals surface area contributed by atoms with Crippen molar-refractivity contribution in [3.63, 3.8) is 0 Å². The van der Waals surface area contributed by atoms with Gasteiger partial charge in [0.05, 0.1) is 0 Å². The molecular formula is C11H25NdO-. The largest absolute Gasteiger partial charge is 0.396 e. The predicted octanol–water partition coefficient (Wildman–Crippen LogP) is 3.43. The van der Waals surface area contributed by atoms with Gasteiger partial charge in [-0.15, -0.1) is 0 Å². The Balaban J connectivity index is -0.000000143. The van der Waals surface area contributed by atoms with Gasteiger partial charge >= 0.3 is 0 Å². The fraction of sp³-hybridized carbons (Fsp3) is 0.909. The molecule has 2 heteroatoms. The average Bonchev–Trinajstić information content (AvgIpc) is 2.02. The molecule has 0 aromatic heterocycles. The zero-order valence-electron chi connectivity index (χ0n) is 9.47. The van der Waals surface area contributed by atoms with Crippen molar-refractivity contribution in [2.45, 2.75) is 52.9 Å². The first-order valence-corrected chi connectivity index (χ1v) is 5.09. The second-order valence-electron chi connectivity index (χ2n) is 3.47. The van der Waals surface area contributed by atoms with E-state index < -0.39 is 0 Å². The van der Waals surface area contributed by atoms with Gasteiger partial charge in [-0.1, -0.05) is 40.0 Å². The van der Waals surface area contributed by atoms with Crippen LogP contribution in [0.3, 0.4) is 0 Å². The van der Waals surface area contributed by atoms with Crippen molar-refractivity contribution in [3.05, 3.63) is 6.92 Å². The first kappa shape index (κ1) is 19.8. The van der Waals surface area contributed by atoms with Crippen LogP contribution in [0.1, 0.15) is 52.9 Å². The van der Waals surface area contributed by atoms with Gasteiger partial charge in [0.2, 0.25) is 0 Å². The van der Waals surface area contributed by atoms with Crippen molar-refractivity contribution < 1.29 is 45.9 Å². The van der Waals surface area contributed by atoms with Crippen LogP contribution >= 0.6 is 0 Å². The first-order chi connectivity index (χ1) is 5.68. The van der Waals surface area contributed by atoms with E-state index in [-0.39, 0.29) is 40.8 Å². The molecule has 0 aliphatic heterocycles. The van der Waals surface area contributed by atoms with Gasteiger partial charge in [-0.05, 0) is 12.3 Å². The zero-order valence-corrected chi connectivity index (χ0v) is 12.7. The fourth-order valence-electron chi connectivity index (χ4n) is 0.770. The van der Waals surface area contributed by atoms with E-state index in [2.05, 4.69) is 27.7 Å². The second kappa shape index (κ2) is 19.0. The molecule has 0 rings (SSSR count). The SMILES string of the molecule is CCCCCO.[CH2-]CCC(C)C.[Nd]. The van der Waals surface area contributed by atoms with Crippen LogP contribution in [0.15, 0.2) is 0 Å². The van der Waals surface area contributed by atoms with E-state index in [1.807, 2.05) is 0 Å². The number of unbranched alkanes of at least 4 members (excludes halogenated alkanes) is 2. The molecule has 0 atom stereocenters. The van der Waals surface area contributed by atoms with Crippen molar-refractivity contribution >= 4 is 0 Å². The van der Waals surface area contributed by atoms with Crippen molar-refractivity contribution in [2.24, 2.45) is 5.92 Å². The van der Waals surface area contributed by atoms with E-state index in [9.17, 15) is 0 Å². The molecule has 0 unspecified atom stereocenters. The van der Waals surface area contributed by atoms with Crippen molar-refractivity contribution in [1.29, 1.82) is 0 Å². The molecule has 0 saturated carbocycles. The summed E-state index contributed by atoms with van der Waals surface area (Å²) >= 11 is 0. The third kappa shape index (κ3) is 31.9. The van der Waals surface area contributed by atoms with Crippen LogP contribution in [0.2, 0.25) is 0 Å². The summed E-state index contributed by atoms with van der Waals surface area (Å²) in [4.78, 5) is 0. The van der Waals surface area contributed by atoms with Gasteiger partial charge in [0, 0.05) is 47.4 Å². The number of hydrogen-bond acceptors (Lipinski definition) is 1. The van der Waals surface area contributed by atoms with Crippen molar-refractivity contribution in [3.8, 4) is 0 Å². The Labute approximate surface area is 117 Å². The number of rotatable bonds is 5. The maximum Gasteiger partial charge on any atom is 0.0431 e. The Bertz CT molecular complexity index is 61.1. The minimum atomic E-state index is 0. The molecule has 0 amide bonds. The van der Waals surface area contributed by atoms with Crippen LogP contribution in [0.25, 0.3) is 0 Å².